The van der Waals surface area contributed by atoms with E-state index in [2.05, 4.69) is 45.8 Å². The Morgan fingerprint density at radius 1 is 1.06 bits per heavy atom. The molecule has 3 heterocycles. The number of aromatic nitrogens is 4. The second-order valence-corrected chi connectivity index (χ2v) is 10.3. The summed E-state index contributed by atoms with van der Waals surface area (Å²) >= 11 is 3.41. The van der Waals surface area contributed by atoms with Gasteiger partial charge < -0.3 is 0 Å². The van der Waals surface area contributed by atoms with E-state index < -0.39 is 0 Å². The van der Waals surface area contributed by atoms with Gasteiger partial charge >= 0.3 is 0 Å². The minimum absolute atomic E-state index is 0.0111. The molecule has 160 valence electrons. The summed E-state index contributed by atoms with van der Waals surface area (Å²) in [6, 6.07) is 20.2. The van der Waals surface area contributed by atoms with Crippen LogP contribution in [-0.4, -0.2) is 19.2 Å². The van der Waals surface area contributed by atoms with Crippen LogP contribution in [0.5, 0.6) is 0 Å². The Labute approximate surface area is 193 Å². The first-order valence-corrected chi connectivity index (χ1v) is 12.7. The van der Waals surface area contributed by atoms with Crippen molar-refractivity contribution in [3.8, 4) is 5.69 Å². The normalized spacial score (nSPS) is 16.0. The van der Waals surface area contributed by atoms with Gasteiger partial charge in [0.05, 0.1) is 11.1 Å². The number of rotatable bonds is 4. The molecule has 0 fully saturated rings. The van der Waals surface area contributed by atoms with Crippen molar-refractivity contribution in [2.45, 2.75) is 43.0 Å². The number of hydrogen-bond acceptors (Lipinski definition) is 5. The fourth-order valence-electron chi connectivity index (χ4n) is 4.67. The average Bonchev–Trinajstić information content (AvgIpc) is 3.42. The topological polar surface area (TPSA) is 52.2 Å². The van der Waals surface area contributed by atoms with Gasteiger partial charge in [-0.05, 0) is 48.4 Å². The third-order valence-corrected chi connectivity index (χ3v) is 8.45. The summed E-state index contributed by atoms with van der Waals surface area (Å²) in [6.07, 6.45) is 3.34. The molecular formula is C25H22N4OS2. The molecule has 0 N–H and O–H groups in total. The van der Waals surface area contributed by atoms with Gasteiger partial charge in [-0.2, -0.15) is 0 Å². The molecule has 0 aliphatic heterocycles. The maximum atomic E-state index is 13.9. The second kappa shape index (κ2) is 7.90. The fourth-order valence-corrected chi connectivity index (χ4v) is 7.07. The van der Waals surface area contributed by atoms with E-state index in [-0.39, 0.29) is 5.56 Å². The van der Waals surface area contributed by atoms with E-state index in [1.54, 1.807) is 27.7 Å². The van der Waals surface area contributed by atoms with Gasteiger partial charge in [-0.1, -0.05) is 67.2 Å². The highest BCUT2D eigenvalue weighted by molar-refractivity contribution is 7.98. The van der Waals surface area contributed by atoms with Crippen LogP contribution < -0.4 is 5.56 Å². The number of para-hydroxylation sites is 1. The van der Waals surface area contributed by atoms with Gasteiger partial charge in [-0.25, -0.2) is 8.97 Å². The van der Waals surface area contributed by atoms with Crippen LogP contribution in [0.4, 0.5) is 0 Å². The number of thiophene rings is 1. The smallest absolute Gasteiger partial charge is 0.268 e. The van der Waals surface area contributed by atoms with Crippen molar-refractivity contribution >= 4 is 39.1 Å². The van der Waals surface area contributed by atoms with Crippen molar-refractivity contribution in [3.05, 3.63) is 87.0 Å². The van der Waals surface area contributed by atoms with Crippen LogP contribution in [0.3, 0.4) is 0 Å². The van der Waals surface area contributed by atoms with Crippen molar-refractivity contribution in [2.75, 3.05) is 0 Å². The van der Waals surface area contributed by atoms with Crippen LogP contribution in [0.25, 0.3) is 21.7 Å². The largest absolute Gasteiger partial charge is 0.268 e. The van der Waals surface area contributed by atoms with Crippen LogP contribution in [-0.2, 0) is 12.2 Å². The number of nitrogens with zero attached hydrogens (tertiary/aromatic N) is 4. The molecule has 6 rings (SSSR count). The highest BCUT2D eigenvalue weighted by Crippen LogP contribution is 2.42. The SMILES string of the molecule is C[C@H]1CCCc2sc3c(c21)c(=O)n(-c1ccccc1)c1nnc(SCc2ccccc2)n31. The molecule has 0 saturated carbocycles. The molecule has 0 saturated heterocycles. The maximum absolute atomic E-state index is 13.9. The minimum atomic E-state index is 0.0111. The summed E-state index contributed by atoms with van der Waals surface area (Å²) in [5, 5.41) is 10.7. The summed E-state index contributed by atoms with van der Waals surface area (Å²) in [4.78, 5) is 16.2. The second-order valence-electron chi connectivity index (χ2n) is 8.28. The molecule has 0 radical (unpaired) electrons. The molecule has 32 heavy (non-hydrogen) atoms. The molecule has 0 unspecified atom stereocenters. The van der Waals surface area contributed by atoms with Crippen molar-refractivity contribution in [3.63, 3.8) is 0 Å². The van der Waals surface area contributed by atoms with Gasteiger partial charge in [-0.15, -0.1) is 21.5 Å². The number of hydrogen-bond donors (Lipinski definition) is 0. The van der Waals surface area contributed by atoms with E-state index in [0.29, 0.717) is 11.7 Å². The Morgan fingerprint density at radius 2 is 1.81 bits per heavy atom. The standard InChI is InChI=1S/C25H22N4OS2/c1-16-9-8-14-19-20(16)21-22(30)28(18-12-6-3-7-13-18)24-26-27-25(29(24)23(21)32-19)31-15-17-10-4-2-5-11-17/h2-7,10-13,16H,8-9,14-15H2,1H3/t16-/m0/s1. The molecule has 1 atom stereocenters. The highest BCUT2D eigenvalue weighted by atomic mass is 32.2. The lowest BCUT2D eigenvalue weighted by atomic mass is 9.88. The lowest BCUT2D eigenvalue weighted by Gasteiger charge is -2.18. The quantitative estimate of drug-likeness (QED) is 0.318. The van der Waals surface area contributed by atoms with Crippen molar-refractivity contribution < 1.29 is 0 Å². The van der Waals surface area contributed by atoms with E-state index in [9.17, 15) is 4.79 Å². The zero-order valence-electron chi connectivity index (χ0n) is 17.7. The third-order valence-electron chi connectivity index (χ3n) is 6.20. The Hall–Kier alpha value is -2.90. The predicted molar refractivity (Wildman–Crippen MR) is 131 cm³/mol. The van der Waals surface area contributed by atoms with Gasteiger partial charge in [0.1, 0.15) is 4.83 Å². The van der Waals surface area contributed by atoms with Crippen LogP contribution in [0.1, 0.15) is 41.7 Å². The summed E-state index contributed by atoms with van der Waals surface area (Å²) < 4.78 is 3.84. The van der Waals surface area contributed by atoms with E-state index in [4.69, 9.17) is 0 Å². The molecule has 3 aromatic heterocycles. The molecule has 1 aliphatic carbocycles. The lowest BCUT2D eigenvalue weighted by molar-refractivity contribution is 0.601. The summed E-state index contributed by atoms with van der Waals surface area (Å²) in [5.74, 6) is 1.77. The Morgan fingerprint density at radius 3 is 2.59 bits per heavy atom. The first kappa shape index (κ1) is 19.8. The zero-order chi connectivity index (χ0) is 21.7. The monoisotopic (exact) mass is 458 g/mol. The highest BCUT2D eigenvalue weighted by Gasteiger charge is 2.28. The van der Waals surface area contributed by atoms with Crippen molar-refractivity contribution in [1.82, 2.24) is 19.2 Å². The lowest BCUT2D eigenvalue weighted by Crippen LogP contribution is -2.22. The minimum Gasteiger partial charge on any atom is -0.268 e. The first-order chi connectivity index (χ1) is 15.7. The molecule has 2 aromatic carbocycles. The number of benzene rings is 2. The molecule has 5 nitrogen and oxygen atoms in total. The molecule has 1 aliphatic rings. The van der Waals surface area contributed by atoms with E-state index in [1.165, 1.54) is 22.4 Å². The predicted octanol–water partition coefficient (Wildman–Crippen LogP) is 5.83. The molecule has 0 bridgehead atoms. The molecular weight excluding hydrogens is 436 g/mol. The van der Waals surface area contributed by atoms with Crippen LogP contribution in [0.15, 0.2) is 70.6 Å². The number of thioether (sulfide) groups is 1. The van der Waals surface area contributed by atoms with E-state index >= 15 is 0 Å². The van der Waals surface area contributed by atoms with Gasteiger partial charge in [0, 0.05) is 10.6 Å². The maximum Gasteiger partial charge on any atom is 0.268 e. The fraction of sp³-hybridized carbons (Fsp3) is 0.240. The van der Waals surface area contributed by atoms with Gasteiger partial charge in [0.25, 0.3) is 5.56 Å². The van der Waals surface area contributed by atoms with Crippen LogP contribution >= 0.6 is 23.1 Å². The Kier molecular flexibility index (Phi) is 4.88. The summed E-state index contributed by atoms with van der Waals surface area (Å²) in [7, 11) is 0. The molecule has 0 amide bonds. The third kappa shape index (κ3) is 3.11. The molecule has 0 spiro atoms. The van der Waals surface area contributed by atoms with Crippen LogP contribution in [0, 0.1) is 0 Å². The zero-order valence-corrected chi connectivity index (χ0v) is 19.3. The van der Waals surface area contributed by atoms with Crippen molar-refractivity contribution in [2.24, 2.45) is 0 Å². The van der Waals surface area contributed by atoms with E-state index in [1.807, 2.05) is 36.4 Å². The summed E-state index contributed by atoms with van der Waals surface area (Å²) in [5.41, 5.74) is 3.30. The van der Waals surface area contributed by atoms with Gasteiger partial charge in [0.2, 0.25) is 5.78 Å². The van der Waals surface area contributed by atoms with Gasteiger partial charge in [-0.3, -0.25) is 4.79 Å². The van der Waals surface area contributed by atoms with Crippen LogP contribution in [0.2, 0.25) is 0 Å². The van der Waals surface area contributed by atoms with Crippen molar-refractivity contribution in [1.29, 1.82) is 0 Å². The van der Waals surface area contributed by atoms with Gasteiger partial charge in [0.15, 0.2) is 5.16 Å². The Bertz CT molecular complexity index is 1490. The number of fused-ring (bicyclic) bond motifs is 5. The Balaban J connectivity index is 1.63. The number of aryl methyl sites for hydroxylation is 1. The molecule has 5 aromatic rings. The summed E-state index contributed by atoms with van der Waals surface area (Å²) in [6.45, 7) is 2.25. The first-order valence-electron chi connectivity index (χ1n) is 10.9. The average molecular weight is 459 g/mol. The molecule has 7 heteroatoms. The van der Waals surface area contributed by atoms with E-state index in [0.717, 1.165) is 39.7 Å².